The average Bonchev–Trinajstić information content (AvgIpc) is 2.39. The third-order valence-electron chi connectivity index (χ3n) is 3.20. The number of hydrogen-bond donors (Lipinski definition) is 3. The van der Waals surface area contributed by atoms with E-state index in [9.17, 15) is 9.59 Å². The lowest BCUT2D eigenvalue weighted by Gasteiger charge is -2.26. The second-order valence-electron chi connectivity index (χ2n) is 4.40. The fraction of sp³-hybridized carbons (Fsp3) is 0.143. The van der Waals surface area contributed by atoms with E-state index in [1.54, 1.807) is 0 Å². The molecule has 5 heteroatoms. The predicted octanol–water partition coefficient (Wildman–Crippen LogP) is 1.47. The van der Waals surface area contributed by atoms with E-state index in [-0.39, 0.29) is 12.1 Å². The molecule has 0 fully saturated rings. The summed E-state index contributed by atoms with van der Waals surface area (Å²) in [7, 11) is 0. The highest BCUT2D eigenvalue weighted by Gasteiger charge is 2.46. The van der Waals surface area contributed by atoms with Gasteiger partial charge in [-0.25, -0.2) is 0 Å². The van der Waals surface area contributed by atoms with Gasteiger partial charge in [0.15, 0.2) is 5.41 Å². The smallest absolute Gasteiger partial charge is 0.325 e. The minimum absolute atomic E-state index is 0.238. The van der Waals surface area contributed by atoms with Gasteiger partial charge in [0.1, 0.15) is 0 Å². The van der Waals surface area contributed by atoms with Crippen LogP contribution in [0.25, 0.3) is 5.57 Å². The number of nitrogens with two attached hydrogens (primary N) is 1. The van der Waals surface area contributed by atoms with Crippen molar-refractivity contribution in [2.24, 2.45) is 11.1 Å². The van der Waals surface area contributed by atoms with Gasteiger partial charge in [0.2, 0.25) is 0 Å². The van der Waals surface area contributed by atoms with Crippen molar-refractivity contribution in [2.75, 3.05) is 0 Å². The molecule has 0 saturated heterocycles. The van der Waals surface area contributed by atoms with E-state index in [2.05, 4.69) is 0 Å². The van der Waals surface area contributed by atoms with E-state index in [0.717, 1.165) is 5.56 Å². The lowest BCUT2D eigenvalue weighted by molar-refractivity contribution is -0.160. The summed E-state index contributed by atoms with van der Waals surface area (Å²) < 4.78 is 0. The molecule has 4 N–H and O–H groups in total. The second-order valence-corrected chi connectivity index (χ2v) is 4.40. The van der Waals surface area contributed by atoms with Crippen LogP contribution in [0.1, 0.15) is 12.0 Å². The van der Waals surface area contributed by atoms with Gasteiger partial charge >= 0.3 is 11.9 Å². The number of allylic oxidation sites excluding steroid dienone is 3. The Morgan fingerprint density at radius 3 is 2.16 bits per heavy atom. The standard InChI is InChI=1S/C14H13NO4/c15-11-8-14(12(16)17,13(18)19)7-6-10(11)9-4-2-1-3-5-9/h1-7H,8,15H2,(H,16,17)(H,18,19). The van der Waals surface area contributed by atoms with Crippen molar-refractivity contribution in [1.29, 1.82) is 0 Å². The Hall–Kier alpha value is -2.56. The fourth-order valence-electron chi connectivity index (χ4n) is 2.07. The number of aliphatic carboxylic acids is 2. The highest BCUT2D eigenvalue weighted by molar-refractivity contribution is 6.02. The molecule has 0 aliphatic heterocycles. The van der Waals surface area contributed by atoms with Crippen LogP contribution in [0.2, 0.25) is 0 Å². The molecule has 0 spiro atoms. The Morgan fingerprint density at radius 2 is 1.68 bits per heavy atom. The first-order valence-corrected chi connectivity index (χ1v) is 5.67. The SMILES string of the molecule is NC1=C(c2ccccc2)C=CC(C(=O)O)(C(=O)O)C1. The number of benzene rings is 1. The van der Waals surface area contributed by atoms with Crippen LogP contribution in [0, 0.1) is 5.41 Å². The Labute approximate surface area is 109 Å². The molecule has 0 amide bonds. The minimum Gasteiger partial charge on any atom is -0.480 e. The molecule has 0 atom stereocenters. The van der Waals surface area contributed by atoms with Gasteiger partial charge in [-0.1, -0.05) is 42.5 Å². The predicted molar refractivity (Wildman–Crippen MR) is 69.0 cm³/mol. The average molecular weight is 259 g/mol. The molecule has 98 valence electrons. The minimum atomic E-state index is -1.97. The monoisotopic (exact) mass is 259 g/mol. The van der Waals surface area contributed by atoms with Crippen molar-refractivity contribution >= 4 is 17.5 Å². The Bertz CT molecular complexity index is 573. The first kappa shape index (κ1) is 12.9. The highest BCUT2D eigenvalue weighted by Crippen LogP contribution is 2.36. The van der Waals surface area contributed by atoms with Gasteiger partial charge in [0, 0.05) is 17.7 Å². The normalized spacial score (nSPS) is 17.3. The Morgan fingerprint density at radius 1 is 1.11 bits per heavy atom. The van der Waals surface area contributed by atoms with Crippen molar-refractivity contribution < 1.29 is 19.8 Å². The molecule has 0 saturated carbocycles. The molecule has 0 heterocycles. The van der Waals surface area contributed by atoms with Crippen molar-refractivity contribution in [1.82, 2.24) is 0 Å². The Kier molecular flexibility index (Phi) is 3.12. The van der Waals surface area contributed by atoms with Gasteiger partial charge in [0.05, 0.1) is 0 Å². The zero-order chi connectivity index (χ0) is 14.0. The summed E-state index contributed by atoms with van der Waals surface area (Å²) in [6, 6.07) is 9.19. The van der Waals surface area contributed by atoms with E-state index in [4.69, 9.17) is 15.9 Å². The first-order valence-electron chi connectivity index (χ1n) is 5.67. The molecule has 1 aliphatic carbocycles. The maximum absolute atomic E-state index is 11.2. The van der Waals surface area contributed by atoms with E-state index in [1.165, 1.54) is 12.2 Å². The first-order chi connectivity index (χ1) is 8.97. The van der Waals surface area contributed by atoms with Crippen LogP contribution in [0.5, 0.6) is 0 Å². The number of carboxylic acids is 2. The largest absolute Gasteiger partial charge is 0.480 e. The molecule has 2 rings (SSSR count). The summed E-state index contributed by atoms with van der Waals surface area (Å²) in [5, 5.41) is 18.2. The number of hydrogen-bond acceptors (Lipinski definition) is 3. The maximum Gasteiger partial charge on any atom is 0.325 e. The van der Waals surface area contributed by atoms with Crippen LogP contribution < -0.4 is 5.73 Å². The molecule has 1 aromatic carbocycles. The maximum atomic E-state index is 11.2. The van der Waals surface area contributed by atoms with Crippen LogP contribution in [0.15, 0.2) is 48.2 Å². The van der Waals surface area contributed by atoms with Crippen LogP contribution in [0.3, 0.4) is 0 Å². The second kappa shape index (κ2) is 4.61. The molecule has 5 nitrogen and oxygen atoms in total. The summed E-state index contributed by atoms with van der Waals surface area (Å²) in [5.74, 6) is -2.82. The quantitative estimate of drug-likeness (QED) is 0.714. The molecule has 1 aromatic rings. The van der Waals surface area contributed by atoms with Gasteiger partial charge in [-0.05, 0) is 5.56 Å². The van der Waals surface area contributed by atoms with Gasteiger partial charge in [-0.2, -0.15) is 0 Å². The summed E-state index contributed by atoms with van der Waals surface area (Å²) in [6.45, 7) is 0. The molecule has 0 radical (unpaired) electrons. The topological polar surface area (TPSA) is 101 Å². The van der Waals surface area contributed by atoms with Gasteiger partial charge < -0.3 is 15.9 Å². The molecular formula is C14H13NO4. The van der Waals surface area contributed by atoms with Gasteiger partial charge in [-0.15, -0.1) is 0 Å². The summed E-state index contributed by atoms with van der Waals surface area (Å²) in [5.41, 5.74) is 5.66. The van der Waals surface area contributed by atoms with E-state index >= 15 is 0 Å². The lowest BCUT2D eigenvalue weighted by atomic mass is 9.77. The fourth-order valence-corrected chi connectivity index (χ4v) is 2.07. The number of carbonyl (C=O) groups is 2. The summed E-state index contributed by atoms with van der Waals surface area (Å²) in [4.78, 5) is 22.4. The molecule has 0 unspecified atom stereocenters. The van der Waals surface area contributed by atoms with Crippen molar-refractivity contribution in [3.05, 3.63) is 53.7 Å². The van der Waals surface area contributed by atoms with Crippen LogP contribution >= 0.6 is 0 Å². The van der Waals surface area contributed by atoms with Gasteiger partial charge in [0.25, 0.3) is 0 Å². The highest BCUT2D eigenvalue weighted by atomic mass is 16.4. The molecular weight excluding hydrogens is 246 g/mol. The van der Waals surface area contributed by atoms with Crippen LogP contribution in [-0.2, 0) is 9.59 Å². The zero-order valence-corrected chi connectivity index (χ0v) is 10.0. The van der Waals surface area contributed by atoms with Crippen molar-refractivity contribution in [3.63, 3.8) is 0 Å². The summed E-state index contributed by atoms with van der Waals surface area (Å²) in [6.07, 6.45) is 2.42. The van der Waals surface area contributed by atoms with Crippen molar-refractivity contribution in [3.8, 4) is 0 Å². The van der Waals surface area contributed by atoms with E-state index < -0.39 is 17.4 Å². The van der Waals surface area contributed by atoms with Crippen LogP contribution in [-0.4, -0.2) is 22.2 Å². The third-order valence-corrected chi connectivity index (χ3v) is 3.20. The molecule has 0 aromatic heterocycles. The lowest BCUT2D eigenvalue weighted by Crippen LogP contribution is -2.40. The number of carboxylic acid groups (broad SMARTS) is 2. The van der Waals surface area contributed by atoms with Crippen LogP contribution in [0.4, 0.5) is 0 Å². The van der Waals surface area contributed by atoms with E-state index in [1.807, 2.05) is 30.3 Å². The van der Waals surface area contributed by atoms with Gasteiger partial charge in [-0.3, -0.25) is 9.59 Å². The van der Waals surface area contributed by atoms with Crippen molar-refractivity contribution in [2.45, 2.75) is 6.42 Å². The zero-order valence-electron chi connectivity index (χ0n) is 10.0. The molecule has 19 heavy (non-hydrogen) atoms. The number of rotatable bonds is 3. The third kappa shape index (κ3) is 2.10. The van der Waals surface area contributed by atoms with E-state index in [0.29, 0.717) is 5.57 Å². The molecule has 1 aliphatic rings. The summed E-state index contributed by atoms with van der Waals surface area (Å²) >= 11 is 0. The molecule has 0 bridgehead atoms. The Balaban J connectivity index is 2.43.